The molecule has 31 heavy (non-hydrogen) atoms. The van der Waals surface area contributed by atoms with Crippen LogP contribution in [0.5, 0.6) is 0 Å². The Morgan fingerprint density at radius 1 is 1.03 bits per heavy atom. The van der Waals surface area contributed by atoms with Gasteiger partial charge in [-0.3, -0.25) is 19.4 Å². The Hall–Kier alpha value is -3.74. The molecule has 0 saturated heterocycles. The molecule has 0 bridgehead atoms. The second-order valence-corrected chi connectivity index (χ2v) is 8.44. The summed E-state index contributed by atoms with van der Waals surface area (Å²) < 4.78 is 3.85. The molecule has 0 radical (unpaired) electrons. The van der Waals surface area contributed by atoms with Crippen molar-refractivity contribution < 1.29 is 4.79 Å². The average molecular weight is 410 g/mol. The van der Waals surface area contributed by atoms with E-state index in [-0.39, 0.29) is 11.4 Å². The zero-order chi connectivity index (χ0) is 21.3. The van der Waals surface area contributed by atoms with E-state index in [1.54, 1.807) is 12.4 Å². The molecule has 1 aliphatic carbocycles. The first-order valence-corrected chi connectivity index (χ1v) is 10.4. The molecule has 1 saturated carbocycles. The van der Waals surface area contributed by atoms with Crippen LogP contribution >= 0.6 is 0 Å². The normalized spacial score (nSPS) is 16.2. The number of aromatic nitrogens is 5. The van der Waals surface area contributed by atoms with Crippen LogP contribution in [0.1, 0.15) is 34.6 Å². The summed E-state index contributed by atoms with van der Waals surface area (Å²) in [4.78, 5) is 24.6. The van der Waals surface area contributed by atoms with Crippen molar-refractivity contribution in [3.8, 4) is 28.2 Å². The lowest BCUT2D eigenvalue weighted by molar-refractivity contribution is 0.0705. The van der Waals surface area contributed by atoms with E-state index in [0.29, 0.717) is 5.69 Å². The van der Waals surface area contributed by atoms with Gasteiger partial charge in [0.1, 0.15) is 5.69 Å². The van der Waals surface area contributed by atoms with E-state index in [1.807, 2.05) is 71.8 Å². The monoisotopic (exact) mass is 410 g/mol. The number of hydrogen-bond donors (Lipinski definition) is 0. The Labute approximate surface area is 180 Å². The van der Waals surface area contributed by atoms with Crippen LogP contribution < -0.4 is 0 Å². The van der Waals surface area contributed by atoms with Gasteiger partial charge in [0.15, 0.2) is 0 Å². The highest BCUT2D eigenvalue weighted by molar-refractivity contribution is 5.97. The van der Waals surface area contributed by atoms with Crippen molar-refractivity contribution >= 4 is 5.91 Å². The molecule has 0 unspecified atom stereocenters. The summed E-state index contributed by atoms with van der Waals surface area (Å²) in [6.07, 6.45) is 9.46. The molecule has 1 fully saturated rings. The molecule has 1 aliphatic heterocycles. The van der Waals surface area contributed by atoms with Crippen molar-refractivity contribution in [2.75, 3.05) is 7.05 Å². The minimum absolute atomic E-state index is 0.0289. The van der Waals surface area contributed by atoms with E-state index in [0.717, 1.165) is 52.3 Å². The number of carbonyl (C=O) groups excluding carboxylic acids is 1. The van der Waals surface area contributed by atoms with Crippen molar-refractivity contribution in [2.24, 2.45) is 7.05 Å². The van der Waals surface area contributed by atoms with Gasteiger partial charge in [-0.2, -0.15) is 5.10 Å². The Balaban J connectivity index is 1.62. The topological polar surface area (TPSA) is 68.8 Å². The van der Waals surface area contributed by atoms with Gasteiger partial charge in [0.25, 0.3) is 5.91 Å². The van der Waals surface area contributed by atoms with E-state index in [1.165, 1.54) is 0 Å². The van der Waals surface area contributed by atoms with Crippen molar-refractivity contribution in [1.29, 1.82) is 0 Å². The fourth-order valence-corrected chi connectivity index (χ4v) is 4.80. The van der Waals surface area contributed by atoms with Crippen molar-refractivity contribution in [3.05, 3.63) is 72.1 Å². The van der Waals surface area contributed by atoms with Gasteiger partial charge in [-0.1, -0.05) is 0 Å². The number of aryl methyl sites for hydroxylation is 2. The Bertz CT molecular complexity index is 1360. The van der Waals surface area contributed by atoms with Crippen LogP contribution in [0, 0.1) is 6.92 Å². The Kier molecular flexibility index (Phi) is 3.57. The molecule has 6 rings (SSSR count). The van der Waals surface area contributed by atoms with Crippen molar-refractivity contribution in [1.82, 2.24) is 29.2 Å². The second-order valence-electron chi connectivity index (χ2n) is 8.44. The first kappa shape index (κ1) is 18.1. The Morgan fingerprint density at radius 2 is 1.87 bits per heavy atom. The summed E-state index contributed by atoms with van der Waals surface area (Å²) in [5.41, 5.74) is 7.21. The maximum Gasteiger partial charge on any atom is 0.271 e. The molecule has 5 heterocycles. The van der Waals surface area contributed by atoms with Gasteiger partial charge in [0.05, 0.1) is 22.6 Å². The fraction of sp³-hybridized carbons (Fsp3) is 0.250. The fourth-order valence-electron chi connectivity index (χ4n) is 4.80. The Morgan fingerprint density at radius 3 is 2.58 bits per heavy atom. The molecule has 154 valence electrons. The van der Waals surface area contributed by atoms with Crippen LogP contribution in [0.15, 0.2) is 55.1 Å². The molecule has 2 aliphatic rings. The van der Waals surface area contributed by atoms with E-state index in [2.05, 4.69) is 16.1 Å². The lowest BCUT2D eigenvalue weighted by Gasteiger charge is -2.27. The van der Waals surface area contributed by atoms with Gasteiger partial charge < -0.3 is 9.47 Å². The third kappa shape index (κ3) is 2.46. The van der Waals surface area contributed by atoms with Crippen LogP contribution in [0.3, 0.4) is 0 Å². The molecular weight excluding hydrogens is 388 g/mol. The van der Waals surface area contributed by atoms with Gasteiger partial charge in [-0.25, -0.2) is 0 Å². The zero-order valence-corrected chi connectivity index (χ0v) is 17.7. The van der Waals surface area contributed by atoms with Crippen LogP contribution in [0.2, 0.25) is 0 Å². The number of pyridine rings is 2. The number of carbonyl (C=O) groups is 1. The lowest BCUT2D eigenvalue weighted by Crippen LogP contribution is -2.36. The minimum atomic E-state index is -0.270. The zero-order valence-electron chi connectivity index (χ0n) is 17.7. The molecule has 0 atom stereocenters. The second kappa shape index (κ2) is 6.14. The predicted molar refractivity (Wildman–Crippen MR) is 117 cm³/mol. The lowest BCUT2D eigenvalue weighted by atomic mass is 10.0. The number of nitrogens with zero attached hydrogens (tertiary/aromatic N) is 6. The van der Waals surface area contributed by atoms with Crippen molar-refractivity contribution in [2.45, 2.75) is 25.3 Å². The molecule has 7 nitrogen and oxygen atoms in total. The highest BCUT2D eigenvalue weighted by atomic mass is 16.2. The molecular formula is C24H22N6O. The summed E-state index contributed by atoms with van der Waals surface area (Å²) in [6.45, 7) is 1.99. The van der Waals surface area contributed by atoms with Gasteiger partial charge in [-0.15, -0.1) is 0 Å². The van der Waals surface area contributed by atoms with Gasteiger partial charge >= 0.3 is 0 Å². The summed E-state index contributed by atoms with van der Waals surface area (Å²) in [6, 6.07) is 10.00. The standard InChI is InChI=1S/C24H22N6O/c1-15-17(5-4-9-25-15)19-12-21-18(13-26-19)24(7-8-24)28(2)23(31)22-11-16(14-30(21)22)20-6-10-27-29(20)3/h4-6,9-14H,7-8H2,1-3H3. The average Bonchev–Trinajstić information content (AvgIpc) is 3.29. The molecule has 7 heteroatoms. The van der Waals surface area contributed by atoms with Gasteiger partial charge in [0, 0.05) is 61.3 Å². The number of fused-ring (bicyclic) bond motifs is 4. The first-order chi connectivity index (χ1) is 15.0. The quantitative estimate of drug-likeness (QED) is 0.505. The SMILES string of the molecule is Cc1ncccc1-c1cc2c(cn1)C1(CC1)N(C)C(=O)c1cc(-c3ccnn3C)cn1-2. The van der Waals surface area contributed by atoms with E-state index < -0.39 is 0 Å². The van der Waals surface area contributed by atoms with Crippen LogP contribution in [0.4, 0.5) is 0 Å². The third-order valence-electron chi connectivity index (χ3n) is 6.75. The highest BCUT2D eigenvalue weighted by Crippen LogP contribution is 2.54. The van der Waals surface area contributed by atoms with E-state index in [9.17, 15) is 4.79 Å². The molecule has 4 aromatic heterocycles. The number of hydrogen-bond acceptors (Lipinski definition) is 4. The van der Waals surface area contributed by atoms with E-state index in [4.69, 9.17) is 4.98 Å². The van der Waals surface area contributed by atoms with Crippen LogP contribution in [-0.2, 0) is 12.6 Å². The minimum Gasteiger partial charge on any atom is -0.331 e. The van der Waals surface area contributed by atoms with E-state index >= 15 is 0 Å². The van der Waals surface area contributed by atoms with Gasteiger partial charge in [0.2, 0.25) is 0 Å². The van der Waals surface area contributed by atoms with Crippen molar-refractivity contribution in [3.63, 3.8) is 0 Å². The first-order valence-electron chi connectivity index (χ1n) is 10.4. The van der Waals surface area contributed by atoms with Gasteiger partial charge in [-0.05, 0) is 50.1 Å². The molecule has 4 aromatic rings. The highest BCUT2D eigenvalue weighted by Gasteiger charge is 2.53. The molecule has 1 amide bonds. The smallest absolute Gasteiger partial charge is 0.271 e. The predicted octanol–water partition coefficient (Wildman–Crippen LogP) is 3.72. The molecule has 0 N–H and O–H groups in total. The number of amides is 1. The number of rotatable bonds is 2. The van der Waals surface area contributed by atoms with Crippen LogP contribution in [0.25, 0.3) is 28.2 Å². The largest absolute Gasteiger partial charge is 0.331 e. The summed E-state index contributed by atoms with van der Waals surface area (Å²) in [5.74, 6) is 0.0289. The summed E-state index contributed by atoms with van der Waals surface area (Å²) >= 11 is 0. The maximum atomic E-state index is 13.5. The molecule has 0 aromatic carbocycles. The van der Waals surface area contributed by atoms with Crippen LogP contribution in [-0.4, -0.2) is 42.2 Å². The summed E-state index contributed by atoms with van der Waals surface area (Å²) in [5, 5.41) is 4.29. The third-order valence-corrected chi connectivity index (χ3v) is 6.75. The maximum absolute atomic E-state index is 13.5. The molecule has 1 spiro atoms. The summed E-state index contributed by atoms with van der Waals surface area (Å²) in [7, 11) is 3.82.